The normalized spacial score (nSPS) is 16.9. The second-order valence-corrected chi connectivity index (χ2v) is 18.1. The van der Waals surface area contributed by atoms with Gasteiger partial charge in [-0.1, -0.05) is 19.6 Å². The second-order valence-electron chi connectivity index (χ2n) is 12.5. The molecule has 1 unspecified atom stereocenters. The molecular weight excluding hydrogens is 518 g/mol. The summed E-state index contributed by atoms with van der Waals surface area (Å²) >= 11 is 0. The van der Waals surface area contributed by atoms with E-state index in [4.69, 9.17) is 18.9 Å². The van der Waals surface area contributed by atoms with Gasteiger partial charge in [0.1, 0.15) is 17.8 Å². The molecule has 2 amide bonds. The van der Waals surface area contributed by atoms with Gasteiger partial charge in [-0.2, -0.15) is 0 Å². The molecule has 0 bridgehead atoms. The van der Waals surface area contributed by atoms with E-state index in [-0.39, 0.29) is 30.7 Å². The number of amides is 2. The van der Waals surface area contributed by atoms with E-state index < -0.39 is 13.7 Å². The van der Waals surface area contributed by atoms with Crippen LogP contribution < -0.4 is 10.1 Å². The number of carbonyl (C=O) groups excluding carboxylic acids is 2. The smallest absolute Gasteiger partial charge is 0.410 e. The van der Waals surface area contributed by atoms with Gasteiger partial charge in [0.25, 0.3) is 5.91 Å². The zero-order valence-electron chi connectivity index (χ0n) is 24.7. The van der Waals surface area contributed by atoms with Crippen molar-refractivity contribution in [3.8, 4) is 5.88 Å². The number of likely N-dealkylation sites (tertiary alicyclic amines) is 1. The summed E-state index contributed by atoms with van der Waals surface area (Å²) in [5.74, 6) is 0.215. The Hall–Kier alpha value is -2.70. The van der Waals surface area contributed by atoms with Crippen LogP contribution in [0.3, 0.4) is 0 Å². The summed E-state index contributed by atoms with van der Waals surface area (Å²) < 4.78 is 24.4. The summed E-state index contributed by atoms with van der Waals surface area (Å²) in [7, 11) is 0.375. The van der Waals surface area contributed by atoms with Crippen molar-refractivity contribution < 1.29 is 28.5 Å². The number of nitrogens with zero attached hydrogens (tertiary/aromatic N) is 4. The molecule has 1 aliphatic rings. The first kappa shape index (κ1) is 30.8. The highest BCUT2D eigenvalue weighted by Gasteiger charge is 2.30. The number of fused-ring (bicyclic) bond motifs is 1. The lowest BCUT2D eigenvalue weighted by molar-refractivity contribution is 0.0284. The minimum atomic E-state index is -1.22. The van der Waals surface area contributed by atoms with Crippen molar-refractivity contribution in [2.45, 2.75) is 78.2 Å². The largest absolute Gasteiger partial charge is 0.476 e. The number of aromatic nitrogens is 3. The number of carbonyl (C=O) groups is 2. The fourth-order valence-electron chi connectivity index (χ4n) is 4.17. The highest BCUT2D eigenvalue weighted by atomic mass is 28.3. The second kappa shape index (κ2) is 13.1. The standard InChI is InChI=1S/C27H45N5O6Si/c1-19(16-35-5)29-25(33)21-15-32(18-36-11-12-39(6,7)8)24-23(21)30-22(13-28-24)37-17-20-9-10-31(14-20)26(34)38-27(2,3)4/h13,15,19-20H,9-12,14,16-18H2,1-8H3,(H,29,33)/t19-,20?/m1/s1. The van der Waals surface area contributed by atoms with Gasteiger partial charge >= 0.3 is 6.09 Å². The molecule has 0 radical (unpaired) electrons. The molecule has 218 valence electrons. The fourth-order valence-corrected chi connectivity index (χ4v) is 4.93. The quantitative estimate of drug-likeness (QED) is 0.302. The Morgan fingerprint density at radius 1 is 1.26 bits per heavy atom. The lowest BCUT2D eigenvalue weighted by Crippen LogP contribution is -2.35. The van der Waals surface area contributed by atoms with Crippen LogP contribution in [0.5, 0.6) is 5.88 Å². The Morgan fingerprint density at radius 2 is 2.00 bits per heavy atom. The average molecular weight is 564 g/mol. The van der Waals surface area contributed by atoms with Crippen LogP contribution in [0, 0.1) is 5.92 Å². The van der Waals surface area contributed by atoms with Gasteiger partial charge in [-0.15, -0.1) is 0 Å². The zero-order valence-corrected chi connectivity index (χ0v) is 25.7. The summed E-state index contributed by atoms with van der Waals surface area (Å²) in [6.45, 7) is 17.2. The molecule has 2 atom stereocenters. The van der Waals surface area contributed by atoms with E-state index in [1.54, 1.807) is 24.4 Å². The predicted octanol–water partition coefficient (Wildman–Crippen LogP) is 4.14. The van der Waals surface area contributed by atoms with E-state index >= 15 is 0 Å². The third-order valence-electron chi connectivity index (χ3n) is 6.21. The average Bonchev–Trinajstić information content (AvgIpc) is 3.44. The van der Waals surface area contributed by atoms with Crippen LogP contribution in [-0.4, -0.2) is 91.2 Å². The Kier molecular flexibility index (Phi) is 10.4. The van der Waals surface area contributed by atoms with Crippen molar-refractivity contribution in [3.05, 3.63) is 18.0 Å². The van der Waals surface area contributed by atoms with Crippen molar-refractivity contribution in [1.82, 2.24) is 24.8 Å². The van der Waals surface area contributed by atoms with Crippen molar-refractivity contribution in [3.63, 3.8) is 0 Å². The van der Waals surface area contributed by atoms with Crippen LogP contribution >= 0.6 is 0 Å². The van der Waals surface area contributed by atoms with Crippen LogP contribution in [0.1, 0.15) is 44.5 Å². The molecule has 0 spiro atoms. The minimum Gasteiger partial charge on any atom is -0.476 e. The summed E-state index contributed by atoms with van der Waals surface area (Å²) in [6, 6.07) is 0.876. The molecule has 3 heterocycles. The first-order valence-corrected chi connectivity index (χ1v) is 17.3. The fraction of sp³-hybridized carbons (Fsp3) is 0.704. The van der Waals surface area contributed by atoms with Gasteiger partial charge in [-0.25, -0.2) is 14.8 Å². The van der Waals surface area contributed by atoms with Gasteiger partial charge in [-0.3, -0.25) is 4.79 Å². The molecule has 1 saturated heterocycles. The molecule has 2 aromatic heterocycles. The third-order valence-corrected chi connectivity index (χ3v) is 7.92. The SMILES string of the molecule is COC[C@@H](C)NC(=O)c1cn(COCC[Si](C)(C)C)c2ncc(OCC3CCN(C(=O)OC(C)(C)C)C3)nc12. The van der Waals surface area contributed by atoms with Crippen LogP contribution in [0.4, 0.5) is 4.79 Å². The molecule has 39 heavy (non-hydrogen) atoms. The molecule has 11 nitrogen and oxygen atoms in total. The maximum atomic E-state index is 13.1. The van der Waals surface area contributed by atoms with E-state index in [2.05, 4.69) is 34.9 Å². The Bertz CT molecular complexity index is 1130. The van der Waals surface area contributed by atoms with Crippen LogP contribution in [-0.2, 0) is 20.9 Å². The molecule has 1 aliphatic heterocycles. The maximum absolute atomic E-state index is 13.1. The number of ether oxygens (including phenoxy) is 4. The van der Waals surface area contributed by atoms with Gasteiger partial charge in [-0.05, 0) is 40.2 Å². The van der Waals surface area contributed by atoms with Gasteiger partial charge < -0.3 is 33.7 Å². The predicted molar refractivity (Wildman–Crippen MR) is 152 cm³/mol. The van der Waals surface area contributed by atoms with Gasteiger partial charge in [0, 0.05) is 53.0 Å². The highest BCUT2D eigenvalue weighted by Crippen LogP contribution is 2.24. The molecular formula is C27H45N5O6Si. The van der Waals surface area contributed by atoms with Crippen LogP contribution in [0.2, 0.25) is 25.7 Å². The first-order chi connectivity index (χ1) is 18.3. The Morgan fingerprint density at radius 3 is 2.67 bits per heavy atom. The van der Waals surface area contributed by atoms with Gasteiger partial charge in [0.2, 0.25) is 5.88 Å². The lowest BCUT2D eigenvalue weighted by Gasteiger charge is -2.24. The molecule has 0 aliphatic carbocycles. The monoisotopic (exact) mass is 563 g/mol. The van der Waals surface area contributed by atoms with Crippen molar-refractivity contribution in [2.24, 2.45) is 5.92 Å². The number of rotatable bonds is 12. The maximum Gasteiger partial charge on any atom is 0.410 e. The number of hydrogen-bond donors (Lipinski definition) is 1. The van der Waals surface area contributed by atoms with Gasteiger partial charge in [0.15, 0.2) is 5.65 Å². The van der Waals surface area contributed by atoms with Crippen molar-refractivity contribution >= 4 is 31.2 Å². The number of nitrogens with one attached hydrogen (secondary N) is 1. The molecule has 0 aromatic carbocycles. The molecule has 12 heteroatoms. The van der Waals surface area contributed by atoms with Gasteiger partial charge in [0.05, 0.1) is 25.0 Å². The molecule has 2 aromatic rings. The van der Waals surface area contributed by atoms with Crippen molar-refractivity contribution in [2.75, 3.05) is 40.0 Å². The van der Waals surface area contributed by atoms with E-state index in [0.29, 0.717) is 55.5 Å². The Balaban J connectivity index is 1.71. The summed E-state index contributed by atoms with van der Waals surface area (Å²) in [5.41, 5.74) is 0.872. The highest BCUT2D eigenvalue weighted by molar-refractivity contribution is 6.76. The number of methoxy groups -OCH3 is 1. The molecule has 3 rings (SSSR count). The minimum absolute atomic E-state index is 0.150. The van der Waals surface area contributed by atoms with Crippen molar-refractivity contribution in [1.29, 1.82) is 0 Å². The summed E-state index contributed by atoms with van der Waals surface area (Å²) in [4.78, 5) is 36.4. The summed E-state index contributed by atoms with van der Waals surface area (Å²) in [6.07, 6.45) is 3.80. The van der Waals surface area contributed by atoms with E-state index in [0.717, 1.165) is 12.5 Å². The topological polar surface area (TPSA) is 117 Å². The Labute approximate surface area is 232 Å². The van der Waals surface area contributed by atoms with E-state index in [1.807, 2.05) is 32.3 Å². The lowest BCUT2D eigenvalue weighted by atomic mass is 10.1. The van der Waals surface area contributed by atoms with Crippen LogP contribution in [0.15, 0.2) is 12.4 Å². The molecule has 0 saturated carbocycles. The summed E-state index contributed by atoms with van der Waals surface area (Å²) in [5, 5.41) is 2.95. The van der Waals surface area contributed by atoms with E-state index in [1.165, 1.54) is 0 Å². The van der Waals surface area contributed by atoms with E-state index in [9.17, 15) is 9.59 Å². The zero-order chi connectivity index (χ0) is 28.8. The first-order valence-electron chi connectivity index (χ1n) is 13.6. The van der Waals surface area contributed by atoms with Crippen LogP contribution in [0.25, 0.3) is 11.2 Å². The molecule has 1 fully saturated rings. The third kappa shape index (κ3) is 9.47. The molecule has 1 N–H and O–H groups in total. The number of hydrogen-bond acceptors (Lipinski definition) is 8.